The average molecular weight is 315 g/mol. The van der Waals surface area contributed by atoms with Gasteiger partial charge in [0.25, 0.3) is 0 Å². The number of rotatable bonds is 4. The van der Waals surface area contributed by atoms with Gasteiger partial charge in [-0.2, -0.15) is 0 Å². The fourth-order valence-electron chi connectivity index (χ4n) is 3.37. The van der Waals surface area contributed by atoms with Gasteiger partial charge in [-0.15, -0.1) is 0 Å². The molecule has 23 heavy (non-hydrogen) atoms. The van der Waals surface area contributed by atoms with Gasteiger partial charge in [-0.1, -0.05) is 12.1 Å². The van der Waals surface area contributed by atoms with Crippen molar-refractivity contribution in [3.05, 3.63) is 29.8 Å². The second-order valence-corrected chi connectivity index (χ2v) is 6.52. The highest BCUT2D eigenvalue weighted by Gasteiger charge is 2.24. The molecule has 2 unspecified atom stereocenters. The Morgan fingerprint density at radius 2 is 2.26 bits per heavy atom. The van der Waals surface area contributed by atoms with Crippen LogP contribution in [0, 0.1) is 5.92 Å². The average Bonchev–Trinajstić information content (AvgIpc) is 3.02. The molecule has 2 saturated heterocycles. The number of hydrogen-bond donors (Lipinski definition) is 2. The summed E-state index contributed by atoms with van der Waals surface area (Å²) in [5, 5.41) is 6.39. The van der Waals surface area contributed by atoms with Crippen molar-refractivity contribution in [2.75, 3.05) is 24.5 Å². The third kappa shape index (κ3) is 3.72. The minimum Gasteiger partial charge on any atom is -0.349 e. The maximum Gasteiger partial charge on any atom is 0.227 e. The molecule has 0 radical (unpaired) electrons. The van der Waals surface area contributed by atoms with E-state index >= 15 is 0 Å². The van der Waals surface area contributed by atoms with E-state index in [1.165, 1.54) is 0 Å². The van der Waals surface area contributed by atoms with E-state index in [0.29, 0.717) is 6.42 Å². The van der Waals surface area contributed by atoms with E-state index in [1.54, 1.807) is 0 Å². The number of amides is 2. The molecule has 1 aromatic carbocycles. The zero-order valence-electron chi connectivity index (χ0n) is 13.7. The Hall–Kier alpha value is -1.88. The van der Waals surface area contributed by atoms with Crippen LogP contribution in [0.15, 0.2) is 24.3 Å². The summed E-state index contributed by atoms with van der Waals surface area (Å²) in [6, 6.07) is 7.90. The molecular formula is C18H25N3O2. The molecule has 2 amide bonds. The van der Waals surface area contributed by atoms with Crippen molar-refractivity contribution in [3.63, 3.8) is 0 Å². The maximum atomic E-state index is 12.4. The molecule has 0 spiro atoms. The third-order valence-corrected chi connectivity index (χ3v) is 4.78. The first-order valence-electron chi connectivity index (χ1n) is 8.56. The Morgan fingerprint density at radius 1 is 1.39 bits per heavy atom. The molecule has 0 saturated carbocycles. The van der Waals surface area contributed by atoms with E-state index in [9.17, 15) is 9.59 Å². The minimum atomic E-state index is -0.0536. The molecule has 2 aliphatic rings. The highest BCUT2D eigenvalue weighted by Crippen LogP contribution is 2.25. The monoisotopic (exact) mass is 315 g/mol. The summed E-state index contributed by atoms with van der Waals surface area (Å²) in [4.78, 5) is 26.1. The summed E-state index contributed by atoms with van der Waals surface area (Å²) < 4.78 is 0. The van der Waals surface area contributed by atoms with E-state index in [1.807, 2.05) is 36.1 Å². The summed E-state index contributed by atoms with van der Waals surface area (Å²) in [7, 11) is 0. The molecule has 2 N–H and O–H groups in total. The van der Waals surface area contributed by atoms with Crippen molar-refractivity contribution < 1.29 is 9.59 Å². The predicted octanol–water partition coefficient (Wildman–Crippen LogP) is 1.99. The van der Waals surface area contributed by atoms with Crippen LogP contribution >= 0.6 is 0 Å². The highest BCUT2D eigenvalue weighted by molar-refractivity contribution is 5.95. The number of nitrogens with zero attached hydrogens (tertiary/aromatic N) is 1. The van der Waals surface area contributed by atoms with Gasteiger partial charge in [0.15, 0.2) is 0 Å². The van der Waals surface area contributed by atoms with Crippen LogP contribution < -0.4 is 15.5 Å². The van der Waals surface area contributed by atoms with E-state index in [0.717, 1.165) is 50.1 Å². The number of benzene rings is 1. The molecular weight excluding hydrogens is 290 g/mol. The number of piperidine rings is 1. The van der Waals surface area contributed by atoms with Crippen LogP contribution in [0.4, 0.5) is 5.69 Å². The number of anilines is 1. The lowest BCUT2D eigenvalue weighted by Crippen LogP contribution is -2.41. The lowest BCUT2D eigenvalue weighted by Gasteiger charge is -2.25. The molecule has 2 atom stereocenters. The molecule has 5 nitrogen and oxygen atoms in total. The summed E-state index contributed by atoms with van der Waals surface area (Å²) in [6.45, 7) is 4.56. The van der Waals surface area contributed by atoms with Crippen LogP contribution in [0.1, 0.15) is 44.2 Å². The zero-order chi connectivity index (χ0) is 16.2. The number of hydrogen-bond acceptors (Lipinski definition) is 3. The van der Waals surface area contributed by atoms with Crippen LogP contribution in [0.2, 0.25) is 0 Å². The Morgan fingerprint density at radius 3 is 2.96 bits per heavy atom. The zero-order valence-corrected chi connectivity index (χ0v) is 13.7. The van der Waals surface area contributed by atoms with Crippen molar-refractivity contribution in [1.82, 2.24) is 10.6 Å². The standard InChI is InChI=1S/C18H25N3O2/c1-13(20-18(23)15-6-3-9-19-12-15)14-5-2-7-16(11-14)21-10-4-8-17(21)22/h2,5,7,11,13,15,19H,3-4,6,8-10,12H2,1H3,(H,20,23). The van der Waals surface area contributed by atoms with Crippen LogP contribution in [0.3, 0.4) is 0 Å². The van der Waals surface area contributed by atoms with Crippen molar-refractivity contribution in [2.45, 2.75) is 38.6 Å². The summed E-state index contributed by atoms with van der Waals surface area (Å²) in [5.74, 6) is 0.369. The summed E-state index contributed by atoms with van der Waals surface area (Å²) in [5.41, 5.74) is 1.98. The van der Waals surface area contributed by atoms with Gasteiger partial charge in [-0.3, -0.25) is 9.59 Å². The van der Waals surface area contributed by atoms with Crippen molar-refractivity contribution in [1.29, 1.82) is 0 Å². The molecule has 0 bridgehead atoms. The topological polar surface area (TPSA) is 61.4 Å². The summed E-state index contributed by atoms with van der Waals surface area (Å²) >= 11 is 0. The lowest BCUT2D eigenvalue weighted by atomic mass is 9.98. The van der Waals surface area contributed by atoms with Gasteiger partial charge < -0.3 is 15.5 Å². The lowest BCUT2D eigenvalue weighted by molar-refractivity contribution is -0.126. The van der Waals surface area contributed by atoms with Gasteiger partial charge in [-0.25, -0.2) is 0 Å². The van der Waals surface area contributed by atoms with E-state index in [4.69, 9.17) is 0 Å². The molecule has 1 aromatic rings. The van der Waals surface area contributed by atoms with Crippen LogP contribution in [0.25, 0.3) is 0 Å². The van der Waals surface area contributed by atoms with Gasteiger partial charge in [-0.05, 0) is 50.4 Å². The molecule has 2 aliphatic heterocycles. The quantitative estimate of drug-likeness (QED) is 0.893. The summed E-state index contributed by atoms with van der Waals surface area (Å²) in [6.07, 6.45) is 3.56. The van der Waals surface area contributed by atoms with E-state index in [-0.39, 0.29) is 23.8 Å². The van der Waals surface area contributed by atoms with E-state index in [2.05, 4.69) is 10.6 Å². The predicted molar refractivity (Wildman–Crippen MR) is 90.2 cm³/mol. The highest BCUT2D eigenvalue weighted by atomic mass is 16.2. The number of carbonyl (C=O) groups is 2. The molecule has 0 aliphatic carbocycles. The van der Waals surface area contributed by atoms with Crippen LogP contribution in [-0.4, -0.2) is 31.4 Å². The normalized spacial score (nSPS) is 22.9. The van der Waals surface area contributed by atoms with E-state index < -0.39 is 0 Å². The first-order chi connectivity index (χ1) is 11.1. The molecule has 5 heteroatoms. The Kier molecular flexibility index (Phi) is 4.96. The number of nitrogens with one attached hydrogen (secondary N) is 2. The van der Waals surface area contributed by atoms with Gasteiger partial charge in [0.2, 0.25) is 11.8 Å². The van der Waals surface area contributed by atoms with Crippen molar-refractivity contribution >= 4 is 17.5 Å². The van der Waals surface area contributed by atoms with Gasteiger partial charge >= 0.3 is 0 Å². The number of carbonyl (C=O) groups excluding carboxylic acids is 2. The Balaban J connectivity index is 1.66. The fraction of sp³-hybridized carbons (Fsp3) is 0.556. The molecule has 3 rings (SSSR count). The molecule has 124 valence electrons. The van der Waals surface area contributed by atoms with Gasteiger partial charge in [0.1, 0.15) is 0 Å². The van der Waals surface area contributed by atoms with Gasteiger partial charge in [0, 0.05) is 25.2 Å². The molecule has 2 fully saturated rings. The first kappa shape index (κ1) is 16.0. The van der Waals surface area contributed by atoms with Crippen LogP contribution in [0.5, 0.6) is 0 Å². The SMILES string of the molecule is CC(NC(=O)C1CCCNC1)c1cccc(N2CCCC2=O)c1. The largest absolute Gasteiger partial charge is 0.349 e. The Bertz CT molecular complexity index is 581. The fourth-order valence-corrected chi connectivity index (χ4v) is 3.37. The first-order valence-corrected chi connectivity index (χ1v) is 8.56. The Labute approximate surface area is 137 Å². The molecule has 2 heterocycles. The second-order valence-electron chi connectivity index (χ2n) is 6.52. The van der Waals surface area contributed by atoms with Crippen molar-refractivity contribution in [2.24, 2.45) is 5.92 Å². The van der Waals surface area contributed by atoms with Crippen LogP contribution in [-0.2, 0) is 9.59 Å². The second kappa shape index (κ2) is 7.13. The molecule has 0 aromatic heterocycles. The van der Waals surface area contributed by atoms with Gasteiger partial charge in [0.05, 0.1) is 12.0 Å². The maximum absolute atomic E-state index is 12.4. The van der Waals surface area contributed by atoms with Crippen molar-refractivity contribution in [3.8, 4) is 0 Å². The smallest absolute Gasteiger partial charge is 0.227 e. The third-order valence-electron chi connectivity index (χ3n) is 4.78. The minimum absolute atomic E-state index is 0.0536.